The van der Waals surface area contributed by atoms with Crippen molar-refractivity contribution < 1.29 is 9.47 Å². The number of rotatable bonds is 5. The molecular formula is C15H15Cl2N5O2. The van der Waals surface area contributed by atoms with Crippen LogP contribution in [0.4, 0.5) is 0 Å². The number of ether oxygens (including phenoxy) is 2. The van der Waals surface area contributed by atoms with Crippen LogP contribution in [0, 0.1) is 0 Å². The molecule has 3 rings (SSSR count). The molecule has 0 spiro atoms. The van der Waals surface area contributed by atoms with Gasteiger partial charge in [-0.2, -0.15) is 5.10 Å². The number of methoxy groups -OCH3 is 2. The average molecular weight is 368 g/mol. The second-order valence-electron chi connectivity index (χ2n) is 5.00. The Kier molecular flexibility index (Phi) is 4.73. The van der Waals surface area contributed by atoms with E-state index < -0.39 is 0 Å². The van der Waals surface area contributed by atoms with Crippen LogP contribution >= 0.6 is 23.2 Å². The zero-order chi connectivity index (χ0) is 17.3. The van der Waals surface area contributed by atoms with Gasteiger partial charge in [-0.25, -0.2) is 19.6 Å². The van der Waals surface area contributed by atoms with Crippen molar-refractivity contribution in [1.29, 1.82) is 0 Å². The highest BCUT2D eigenvalue weighted by molar-refractivity contribution is 6.43. The second kappa shape index (κ2) is 6.78. The molecule has 0 saturated heterocycles. The minimum Gasteiger partial charge on any atom is -0.477 e. The molecule has 1 unspecified atom stereocenters. The molecule has 0 fully saturated rings. The minimum atomic E-state index is -0.186. The molecule has 1 aromatic carbocycles. The highest BCUT2D eigenvalue weighted by atomic mass is 35.5. The predicted molar refractivity (Wildman–Crippen MR) is 91.1 cm³/mol. The van der Waals surface area contributed by atoms with Gasteiger partial charge in [0.2, 0.25) is 0 Å². The van der Waals surface area contributed by atoms with Crippen molar-refractivity contribution in [3.05, 3.63) is 34.3 Å². The number of hydrogen-bond acceptors (Lipinski definition) is 6. The molecule has 0 saturated carbocycles. The third-order valence-electron chi connectivity index (χ3n) is 3.69. The van der Waals surface area contributed by atoms with Crippen molar-refractivity contribution in [2.24, 2.45) is 0 Å². The first-order valence-electron chi connectivity index (χ1n) is 7.22. The van der Waals surface area contributed by atoms with Crippen LogP contribution in [-0.2, 0) is 0 Å². The van der Waals surface area contributed by atoms with Gasteiger partial charge in [0.05, 0.1) is 41.3 Å². The Labute approximate surface area is 148 Å². The SMILES string of the molecule is CCC(c1c(Cl)c(Cl)cc2nc(OC)c(OC)nc12)n1cncn1. The van der Waals surface area contributed by atoms with Gasteiger partial charge in [0, 0.05) is 5.56 Å². The molecule has 0 amide bonds. The van der Waals surface area contributed by atoms with Gasteiger partial charge in [-0.15, -0.1) is 0 Å². The Bertz CT molecular complexity index is 870. The van der Waals surface area contributed by atoms with E-state index in [-0.39, 0.29) is 17.8 Å². The maximum Gasteiger partial charge on any atom is 0.278 e. The fourth-order valence-corrected chi connectivity index (χ4v) is 3.08. The van der Waals surface area contributed by atoms with Crippen molar-refractivity contribution in [2.75, 3.05) is 14.2 Å². The largest absolute Gasteiger partial charge is 0.477 e. The van der Waals surface area contributed by atoms with Crippen molar-refractivity contribution in [1.82, 2.24) is 24.7 Å². The molecule has 24 heavy (non-hydrogen) atoms. The molecule has 3 aromatic rings. The first-order chi connectivity index (χ1) is 11.6. The molecule has 2 aromatic heterocycles. The molecule has 1 atom stereocenters. The molecule has 2 heterocycles. The average Bonchev–Trinajstić information content (AvgIpc) is 3.12. The van der Waals surface area contributed by atoms with Gasteiger partial charge in [-0.3, -0.25) is 0 Å². The van der Waals surface area contributed by atoms with Crippen molar-refractivity contribution in [3.8, 4) is 11.8 Å². The van der Waals surface area contributed by atoms with E-state index in [1.165, 1.54) is 20.5 Å². The molecular weight excluding hydrogens is 353 g/mol. The van der Waals surface area contributed by atoms with Crippen LogP contribution < -0.4 is 9.47 Å². The molecule has 0 bridgehead atoms. The van der Waals surface area contributed by atoms with Crippen LogP contribution in [0.15, 0.2) is 18.7 Å². The van der Waals surface area contributed by atoms with E-state index in [0.717, 1.165) is 5.56 Å². The lowest BCUT2D eigenvalue weighted by Gasteiger charge is -2.20. The number of aromatic nitrogens is 5. The van der Waals surface area contributed by atoms with Crippen LogP contribution in [0.2, 0.25) is 10.0 Å². The molecule has 9 heteroatoms. The number of nitrogens with zero attached hydrogens (tertiary/aromatic N) is 5. The Morgan fingerprint density at radius 3 is 2.46 bits per heavy atom. The summed E-state index contributed by atoms with van der Waals surface area (Å²) in [4.78, 5) is 13.0. The van der Waals surface area contributed by atoms with Crippen molar-refractivity contribution in [3.63, 3.8) is 0 Å². The Balaban J connectivity index is 2.34. The summed E-state index contributed by atoms with van der Waals surface area (Å²) in [5.41, 5.74) is 1.88. The topological polar surface area (TPSA) is 75.0 Å². The summed E-state index contributed by atoms with van der Waals surface area (Å²) in [5, 5.41) is 5.02. The molecule has 0 aliphatic heterocycles. The number of hydrogen-bond donors (Lipinski definition) is 0. The summed E-state index contributed by atoms with van der Waals surface area (Å²) >= 11 is 12.8. The first-order valence-corrected chi connectivity index (χ1v) is 7.98. The standard InChI is InChI=1S/C15H15Cl2N5O2/c1-4-10(22-7-18-6-19-22)11-12(17)8(16)5-9-13(11)21-15(24-3)14(20-9)23-2/h5-7,10H,4H2,1-3H3. The van der Waals surface area contributed by atoms with E-state index in [0.29, 0.717) is 27.5 Å². The monoisotopic (exact) mass is 367 g/mol. The van der Waals surface area contributed by atoms with Gasteiger partial charge in [0.15, 0.2) is 0 Å². The Hall–Kier alpha value is -2.12. The summed E-state index contributed by atoms with van der Waals surface area (Å²) in [5.74, 6) is 0.557. The highest BCUT2D eigenvalue weighted by Crippen LogP contribution is 2.39. The highest BCUT2D eigenvalue weighted by Gasteiger charge is 2.24. The number of halogens is 2. The summed E-state index contributed by atoms with van der Waals surface area (Å²) in [6.07, 6.45) is 3.82. The van der Waals surface area contributed by atoms with Crippen LogP contribution in [0.5, 0.6) is 11.8 Å². The molecule has 0 aliphatic carbocycles. The van der Waals surface area contributed by atoms with Crippen molar-refractivity contribution in [2.45, 2.75) is 19.4 Å². The maximum absolute atomic E-state index is 6.50. The Morgan fingerprint density at radius 1 is 1.17 bits per heavy atom. The fourth-order valence-electron chi connectivity index (χ4n) is 2.60. The zero-order valence-electron chi connectivity index (χ0n) is 13.3. The van der Waals surface area contributed by atoms with Gasteiger partial charge >= 0.3 is 0 Å². The van der Waals surface area contributed by atoms with Gasteiger partial charge in [-0.1, -0.05) is 30.1 Å². The molecule has 0 aliphatic rings. The van der Waals surface area contributed by atoms with Crippen LogP contribution in [0.1, 0.15) is 24.9 Å². The molecule has 7 nitrogen and oxygen atoms in total. The Morgan fingerprint density at radius 2 is 1.88 bits per heavy atom. The summed E-state index contributed by atoms with van der Waals surface area (Å²) in [6.45, 7) is 2.02. The zero-order valence-corrected chi connectivity index (χ0v) is 14.8. The lowest BCUT2D eigenvalue weighted by Crippen LogP contribution is -2.13. The third kappa shape index (κ3) is 2.74. The number of benzene rings is 1. The lowest BCUT2D eigenvalue weighted by atomic mass is 10.0. The quantitative estimate of drug-likeness (QED) is 0.686. The third-order valence-corrected chi connectivity index (χ3v) is 4.49. The van der Waals surface area contributed by atoms with E-state index in [9.17, 15) is 0 Å². The molecule has 0 radical (unpaired) electrons. The first kappa shape index (κ1) is 16.7. The predicted octanol–water partition coefficient (Wildman–Crippen LogP) is 3.54. The van der Waals surface area contributed by atoms with Gasteiger partial charge < -0.3 is 9.47 Å². The van der Waals surface area contributed by atoms with Crippen LogP contribution in [0.25, 0.3) is 11.0 Å². The summed E-state index contributed by atoms with van der Waals surface area (Å²) in [6, 6.07) is 1.47. The number of fused-ring (bicyclic) bond motifs is 1. The van der Waals surface area contributed by atoms with Gasteiger partial charge in [0.1, 0.15) is 12.7 Å². The lowest BCUT2D eigenvalue weighted by molar-refractivity contribution is 0.334. The fraction of sp³-hybridized carbons (Fsp3) is 0.333. The normalized spacial score (nSPS) is 12.4. The van der Waals surface area contributed by atoms with E-state index in [1.807, 2.05) is 6.92 Å². The second-order valence-corrected chi connectivity index (χ2v) is 5.78. The molecule has 126 valence electrons. The van der Waals surface area contributed by atoms with E-state index in [4.69, 9.17) is 32.7 Å². The van der Waals surface area contributed by atoms with E-state index in [2.05, 4.69) is 20.1 Å². The summed E-state index contributed by atoms with van der Waals surface area (Å²) < 4.78 is 12.2. The maximum atomic E-state index is 6.50. The van der Waals surface area contributed by atoms with Crippen LogP contribution in [0.3, 0.4) is 0 Å². The van der Waals surface area contributed by atoms with Crippen LogP contribution in [-0.4, -0.2) is 39.0 Å². The smallest absolute Gasteiger partial charge is 0.278 e. The van der Waals surface area contributed by atoms with E-state index >= 15 is 0 Å². The minimum absolute atomic E-state index is 0.186. The van der Waals surface area contributed by atoms with E-state index in [1.54, 1.807) is 17.1 Å². The molecule has 0 N–H and O–H groups in total. The van der Waals surface area contributed by atoms with Crippen molar-refractivity contribution >= 4 is 34.2 Å². The van der Waals surface area contributed by atoms with Gasteiger partial charge in [0.25, 0.3) is 11.8 Å². The van der Waals surface area contributed by atoms with Gasteiger partial charge in [-0.05, 0) is 12.5 Å². The summed E-state index contributed by atoms with van der Waals surface area (Å²) in [7, 11) is 3.01.